The van der Waals surface area contributed by atoms with Gasteiger partial charge < -0.3 is 19.5 Å². The van der Waals surface area contributed by atoms with Crippen LogP contribution in [0.4, 0.5) is 11.4 Å². The third-order valence-corrected chi connectivity index (χ3v) is 4.20. The number of hydrogen-bond donors (Lipinski definition) is 1. The molecule has 0 radical (unpaired) electrons. The molecule has 0 saturated carbocycles. The maximum Gasteiger partial charge on any atom is 0.346 e. The third-order valence-electron chi connectivity index (χ3n) is 4.20. The molecule has 0 fully saturated rings. The van der Waals surface area contributed by atoms with Crippen LogP contribution in [0.3, 0.4) is 0 Å². The van der Waals surface area contributed by atoms with E-state index in [0.717, 1.165) is 24.1 Å². The Bertz CT molecular complexity index is 910. The van der Waals surface area contributed by atoms with Crippen LogP contribution in [0.25, 0.3) is 0 Å². The number of rotatable bonds is 8. The minimum atomic E-state index is -1.18. The molecule has 0 aromatic heterocycles. The largest absolute Gasteiger partial charge is 0.493 e. The molecule has 1 N–H and O–H groups in total. The van der Waals surface area contributed by atoms with E-state index in [4.69, 9.17) is 14.2 Å². The predicted molar refractivity (Wildman–Crippen MR) is 106 cm³/mol. The Hall–Kier alpha value is -3.62. The van der Waals surface area contributed by atoms with Gasteiger partial charge in [0.15, 0.2) is 17.6 Å². The summed E-state index contributed by atoms with van der Waals surface area (Å²) >= 11 is 0. The van der Waals surface area contributed by atoms with Crippen molar-refractivity contribution in [2.75, 3.05) is 19.5 Å². The van der Waals surface area contributed by atoms with E-state index >= 15 is 0 Å². The van der Waals surface area contributed by atoms with Crippen LogP contribution in [0.15, 0.2) is 36.4 Å². The van der Waals surface area contributed by atoms with Gasteiger partial charge in [0.1, 0.15) is 5.56 Å². The van der Waals surface area contributed by atoms with E-state index in [9.17, 15) is 19.7 Å². The number of anilines is 1. The molecule has 0 saturated heterocycles. The van der Waals surface area contributed by atoms with Crippen molar-refractivity contribution in [3.8, 4) is 11.5 Å². The van der Waals surface area contributed by atoms with Crippen LogP contribution in [0, 0.1) is 10.1 Å². The molecular weight excluding hydrogens is 380 g/mol. The molecule has 1 unspecified atom stereocenters. The number of amides is 1. The SMILES string of the molecule is CCc1ccc(NC(=O)C(C)OC(=O)c2cc(OC)c(OC)cc2[N+](=O)[O-])cc1. The summed E-state index contributed by atoms with van der Waals surface area (Å²) in [6.07, 6.45) is -0.312. The molecule has 0 spiro atoms. The van der Waals surface area contributed by atoms with Crippen molar-refractivity contribution < 1.29 is 28.7 Å². The monoisotopic (exact) mass is 402 g/mol. The molecule has 0 aliphatic rings. The van der Waals surface area contributed by atoms with Crippen molar-refractivity contribution in [2.24, 2.45) is 0 Å². The van der Waals surface area contributed by atoms with Gasteiger partial charge in [-0.2, -0.15) is 0 Å². The number of benzene rings is 2. The molecule has 1 atom stereocenters. The molecular formula is C20H22N2O7. The first-order valence-electron chi connectivity index (χ1n) is 8.81. The number of methoxy groups -OCH3 is 2. The third kappa shape index (κ3) is 5.22. The Labute approximate surface area is 167 Å². The Morgan fingerprint density at radius 1 is 1.10 bits per heavy atom. The zero-order valence-electron chi connectivity index (χ0n) is 16.6. The highest BCUT2D eigenvalue weighted by Crippen LogP contribution is 2.35. The fourth-order valence-corrected chi connectivity index (χ4v) is 2.53. The lowest BCUT2D eigenvalue weighted by molar-refractivity contribution is -0.385. The second kappa shape index (κ2) is 9.54. The number of aryl methyl sites for hydroxylation is 1. The minimum Gasteiger partial charge on any atom is -0.493 e. The summed E-state index contributed by atoms with van der Waals surface area (Å²) in [5.74, 6) is -1.37. The first kappa shape index (κ1) is 21.7. The van der Waals surface area contributed by atoms with E-state index < -0.39 is 28.6 Å². The van der Waals surface area contributed by atoms with Gasteiger partial charge in [-0.1, -0.05) is 19.1 Å². The summed E-state index contributed by atoms with van der Waals surface area (Å²) in [5.41, 5.74) is 0.797. The number of carbonyl (C=O) groups excluding carboxylic acids is 2. The lowest BCUT2D eigenvalue weighted by Gasteiger charge is -2.15. The number of ether oxygens (including phenoxy) is 3. The van der Waals surface area contributed by atoms with E-state index in [1.165, 1.54) is 21.1 Å². The lowest BCUT2D eigenvalue weighted by Crippen LogP contribution is -2.30. The minimum absolute atomic E-state index is 0.0945. The normalized spacial score (nSPS) is 11.3. The Morgan fingerprint density at radius 2 is 1.69 bits per heavy atom. The first-order chi connectivity index (χ1) is 13.8. The summed E-state index contributed by atoms with van der Waals surface area (Å²) < 4.78 is 15.2. The number of nitro benzene ring substituents is 1. The molecule has 154 valence electrons. The lowest BCUT2D eigenvalue weighted by atomic mass is 10.1. The van der Waals surface area contributed by atoms with Crippen molar-refractivity contribution in [3.05, 3.63) is 57.6 Å². The molecule has 0 aliphatic heterocycles. The summed E-state index contributed by atoms with van der Waals surface area (Å²) in [6, 6.07) is 9.44. The smallest absolute Gasteiger partial charge is 0.346 e. The second-order valence-corrected chi connectivity index (χ2v) is 6.07. The zero-order chi connectivity index (χ0) is 21.6. The summed E-state index contributed by atoms with van der Waals surface area (Å²) in [5, 5.41) is 14.0. The highest BCUT2D eigenvalue weighted by molar-refractivity contribution is 5.99. The van der Waals surface area contributed by atoms with Crippen LogP contribution >= 0.6 is 0 Å². The van der Waals surface area contributed by atoms with Crippen molar-refractivity contribution in [2.45, 2.75) is 26.4 Å². The van der Waals surface area contributed by atoms with Crippen LogP contribution in [-0.4, -0.2) is 37.1 Å². The van der Waals surface area contributed by atoms with E-state index in [2.05, 4.69) is 5.32 Å². The van der Waals surface area contributed by atoms with Crippen molar-refractivity contribution >= 4 is 23.3 Å². The van der Waals surface area contributed by atoms with Gasteiger partial charge in [0.2, 0.25) is 0 Å². The molecule has 0 bridgehead atoms. The van der Waals surface area contributed by atoms with Crippen molar-refractivity contribution in [1.29, 1.82) is 0 Å². The van der Waals surface area contributed by atoms with Gasteiger partial charge in [-0.15, -0.1) is 0 Å². The van der Waals surface area contributed by atoms with Gasteiger partial charge in [0.05, 0.1) is 25.2 Å². The molecule has 9 nitrogen and oxygen atoms in total. The maximum absolute atomic E-state index is 12.5. The summed E-state index contributed by atoms with van der Waals surface area (Å²) in [6.45, 7) is 3.39. The average Bonchev–Trinajstić information content (AvgIpc) is 2.72. The van der Waals surface area contributed by atoms with Gasteiger partial charge >= 0.3 is 5.97 Å². The Morgan fingerprint density at radius 3 is 2.21 bits per heavy atom. The van der Waals surface area contributed by atoms with Crippen molar-refractivity contribution in [1.82, 2.24) is 0 Å². The number of nitrogens with one attached hydrogen (secondary N) is 1. The number of hydrogen-bond acceptors (Lipinski definition) is 7. The van der Waals surface area contributed by atoms with Crippen LogP contribution in [0.5, 0.6) is 11.5 Å². The van der Waals surface area contributed by atoms with E-state index in [1.807, 2.05) is 19.1 Å². The molecule has 0 aliphatic carbocycles. The number of esters is 1. The fourth-order valence-electron chi connectivity index (χ4n) is 2.53. The number of nitrogens with zero attached hydrogens (tertiary/aromatic N) is 1. The van der Waals surface area contributed by atoms with Crippen LogP contribution in [0.2, 0.25) is 0 Å². The molecule has 2 rings (SSSR count). The van der Waals surface area contributed by atoms with E-state index in [0.29, 0.717) is 5.69 Å². The average molecular weight is 402 g/mol. The molecule has 2 aromatic carbocycles. The highest BCUT2D eigenvalue weighted by Gasteiger charge is 2.28. The summed E-state index contributed by atoms with van der Waals surface area (Å²) in [7, 11) is 2.65. The Kier molecular flexibility index (Phi) is 7.13. The van der Waals surface area contributed by atoms with Gasteiger partial charge in [-0.05, 0) is 31.0 Å². The van der Waals surface area contributed by atoms with Crippen LogP contribution < -0.4 is 14.8 Å². The second-order valence-electron chi connectivity index (χ2n) is 6.07. The predicted octanol–water partition coefficient (Wildman–Crippen LogP) is 3.36. The molecule has 9 heteroatoms. The number of carbonyl (C=O) groups is 2. The topological polar surface area (TPSA) is 117 Å². The number of nitro groups is 1. The summed E-state index contributed by atoms with van der Waals surface area (Å²) in [4.78, 5) is 35.4. The molecule has 1 amide bonds. The highest BCUT2D eigenvalue weighted by atomic mass is 16.6. The van der Waals surface area contributed by atoms with Crippen molar-refractivity contribution in [3.63, 3.8) is 0 Å². The first-order valence-corrected chi connectivity index (χ1v) is 8.81. The molecule has 2 aromatic rings. The van der Waals surface area contributed by atoms with Gasteiger partial charge in [0.25, 0.3) is 11.6 Å². The van der Waals surface area contributed by atoms with Gasteiger partial charge in [-0.25, -0.2) is 4.79 Å². The van der Waals surface area contributed by atoms with Gasteiger partial charge in [-0.3, -0.25) is 14.9 Å². The fraction of sp³-hybridized carbons (Fsp3) is 0.300. The van der Waals surface area contributed by atoms with Crippen LogP contribution in [0.1, 0.15) is 29.8 Å². The van der Waals surface area contributed by atoms with Gasteiger partial charge in [0, 0.05) is 11.8 Å². The zero-order valence-corrected chi connectivity index (χ0v) is 16.6. The standard InChI is InChI=1S/C20H22N2O7/c1-5-13-6-8-14(9-7-13)21-19(23)12(2)29-20(24)15-10-17(27-3)18(28-4)11-16(15)22(25)26/h6-12H,5H2,1-4H3,(H,21,23). The quantitative estimate of drug-likeness (QED) is 0.409. The van der Waals surface area contributed by atoms with E-state index in [-0.39, 0.29) is 17.1 Å². The molecule has 29 heavy (non-hydrogen) atoms. The maximum atomic E-state index is 12.5. The van der Waals surface area contributed by atoms with Crippen LogP contribution in [-0.2, 0) is 16.0 Å². The Balaban J connectivity index is 2.17. The molecule has 0 heterocycles. The van der Waals surface area contributed by atoms with E-state index in [1.54, 1.807) is 12.1 Å².